The summed E-state index contributed by atoms with van der Waals surface area (Å²) < 4.78 is 31.7. The van der Waals surface area contributed by atoms with Crippen LogP contribution in [0.25, 0.3) is 0 Å². The molecular formula is C8H9F3N2O2. The van der Waals surface area contributed by atoms with Gasteiger partial charge in [-0.15, -0.1) is 0 Å². The molecule has 0 amide bonds. The maximum Gasteiger partial charge on any atom is 0.490 e. The molecule has 0 unspecified atom stereocenters. The molecule has 0 radical (unpaired) electrons. The monoisotopic (exact) mass is 222 g/mol. The number of carboxylic acid groups (broad SMARTS) is 1. The molecule has 0 atom stereocenters. The summed E-state index contributed by atoms with van der Waals surface area (Å²) in [7, 11) is 0. The molecule has 3 aliphatic rings. The van der Waals surface area contributed by atoms with Gasteiger partial charge in [-0.25, -0.2) is 4.79 Å². The minimum absolute atomic E-state index is 0.0741. The highest BCUT2D eigenvalue weighted by atomic mass is 19.4. The average Bonchev–Trinajstić information content (AvgIpc) is 2.60. The Hall–Kier alpha value is -1.29. The molecule has 84 valence electrons. The smallest absolute Gasteiger partial charge is 0.475 e. The van der Waals surface area contributed by atoms with Gasteiger partial charge in [-0.05, 0) is 12.8 Å². The standard InChI is InChI=1S/C6H8N2.C2HF3O2/c7-3-6-1-5(2-6)8-4-6;3-2(4,5)1(6)7/h5,8H,1-2,4H2;(H,6,7). The van der Waals surface area contributed by atoms with Crippen molar-refractivity contribution in [3.05, 3.63) is 0 Å². The van der Waals surface area contributed by atoms with E-state index in [0.29, 0.717) is 6.04 Å². The second-order valence-corrected chi connectivity index (χ2v) is 3.68. The number of nitrogens with zero attached hydrogens (tertiary/aromatic N) is 1. The van der Waals surface area contributed by atoms with Crippen LogP contribution in [0.1, 0.15) is 12.8 Å². The number of carbonyl (C=O) groups is 1. The van der Waals surface area contributed by atoms with Crippen LogP contribution in [-0.4, -0.2) is 29.8 Å². The van der Waals surface area contributed by atoms with Crippen LogP contribution in [0.15, 0.2) is 0 Å². The summed E-state index contributed by atoms with van der Waals surface area (Å²) in [4.78, 5) is 8.90. The van der Waals surface area contributed by atoms with Crippen LogP contribution in [0.4, 0.5) is 13.2 Å². The van der Waals surface area contributed by atoms with Gasteiger partial charge in [0.25, 0.3) is 0 Å². The van der Waals surface area contributed by atoms with Crippen LogP contribution < -0.4 is 5.32 Å². The highest BCUT2D eigenvalue weighted by Gasteiger charge is 2.50. The normalized spacial score (nSPS) is 32.0. The number of aliphatic carboxylic acids is 1. The molecule has 0 aromatic heterocycles. The molecule has 2 heterocycles. The number of nitriles is 1. The van der Waals surface area contributed by atoms with E-state index in [1.165, 1.54) is 0 Å². The third-order valence-corrected chi connectivity index (χ3v) is 2.48. The number of alkyl halides is 3. The zero-order valence-electron chi connectivity index (χ0n) is 7.64. The minimum Gasteiger partial charge on any atom is -0.475 e. The molecule has 0 aromatic rings. The van der Waals surface area contributed by atoms with Crippen LogP contribution in [0.3, 0.4) is 0 Å². The topological polar surface area (TPSA) is 73.1 Å². The van der Waals surface area contributed by atoms with E-state index in [-0.39, 0.29) is 5.41 Å². The minimum atomic E-state index is -5.08. The van der Waals surface area contributed by atoms with Crippen molar-refractivity contribution in [1.82, 2.24) is 5.32 Å². The molecule has 2 N–H and O–H groups in total. The van der Waals surface area contributed by atoms with Gasteiger partial charge in [0.05, 0.1) is 11.5 Å². The zero-order chi connectivity index (χ0) is 11.7. The van der Waals surface area contributed by atoms with Gasteiger partial charge in [0.2, 0.25) is 0 Å². The highest BCUT2D eigenvalue weighted by Crippen LogP contribution is 2.45. The molecule has 0 spiro atoms. The molecule has 2 saturated heterocycles. The van der Waals surface area contributed by atoms with E-state index < -0.39 is 12.1 Å². The van der Waals surface area contributed by atoms with Crippen LogP contribution in [0, 0.1) is 16.7 Å². The fourth-order valence-corrected chi connectivity index (χ4v) is 1.64. The Kier molecular flexibility index (Phi) is 2.90. The summed E-state index contributed by atoms with van der Waals surface area (Å²) in [6.07, 6.45) is -2.88. The van der Waals surface area contributed by atoms with E-state index in [1.807, 2.05) is 0 Å². The number of nitrogens with one attached hydrogen (secondary N) is 1. The van der Waals surface area contributed by atoms with Gasteiger partial charge in [0.15, 0.2) is 0 Å². The van der Waals surface area contributed by atoms with E-state index in [1.54, 1.807) is 0 Å². The maximum atomic E-state index is 10.6. The molecule has 7 heteroatoms. The SMILES string of the molecule is N#CC12CNC(C1)C2.O=C(O)C(F)(F)F. The number of fused-ring (bicyclic) bond motifs is 1. The molecule has 3 rings (SSSR count). The molecule has 1 aliphatic carbocycles. The van der Waals surface area contributed by atoms with Crippen molar-refractivity contribution in [2.24, 2.45) is 5.41 Å². The van der Waals surface area contributed by atoms with Crippen molar-refractivity contribution in [2.45, 2.75) is 25.1 Å². The first-order chi connectivity index (χ1) is 6.79. The van der Waals surface area contributed by atoms with Crippen LogP contribution >= 0.6 is 0 Å². The highest BCUT2D eigenvalue weighted by molar-refractivity contribution is 5.73. The zero-order valence-corrected chi connectivity index (χ0v) is 7.64. The maximum absolute atomic E-state index is 10.6. The Balaban J connectivity index is 0.000000153. The first-order valence-corrected chi connectivity index (χ1v) is 4.24. The third kappa shape index (κ3) is 2.59. The molecule has 2 bridgehead atoms. The van der Waals surface area contributed by atoms with Gasteiger partial charge in [-0.3, -0.25) is 0 Å². The summed E-state index contributed by atoms with van der Waals surface area (Å²) in [6.45, 7) is 0.939. The van der Waals surface area contributed by atoms with Crippen molar-refractivity contribution >= 4 is 5.97 Å². The van der Waals surface area contributed by atoms with E-state index in [2.05, 4.69) is 11.4 Å². The van der Waals surface area contributed by atoms with Crippen molar-refractivity contribution in [2.75, 3.05) is 6.54 Å². The van der Waals surface area contributed by atoms with Crippen LogP contribution in [0.2, 0.25) is 0 Å². The van der Waals surface area contributed by atoms with Gasteiger partial charge >= 0.3 is 12.1 Å². The lowest BCUT2D eigenvalue weighted by Crippen LogP contribution is -2.32. The predicted octanol–water partition coefficient (Wildman–Crippen LogP) is 0.895. The first-order valence-electron chi connectivity index (χ1n) is 4.24. The quantitative estimate of drug-likeness (QED) is 0.638. The van der Waals surface area contributed by atoms with E-state index in [9.17, 15) is 13.2 Å². The van der Waals surface area contributed by atoms with Crippen LogP contribution in [0.5, 0.6) is 0 Å². The molecule has 15 heavy (non-hydrogen) atoms. The van der Waals surface area contributed by atoms with Crippen molar-refractivity contribution in [3.63, 3.8) is 0 Å². The summed E-state index contributed by atoms with van der Waals surface area (Å²) in [5, 5.41) is 19.0. The van der Waals surface area contributed by atoms with Crippen molar-refractivity contribution < 1.29 is 23.1 Å². The van der Waals surface area contributed by atoms with Gasteiger partial charge < -0.3 is 10.4 Å². The number of halogens is 3. The molecular weight excluding hydrogens is 213 g/mol. The number of hydrogen-bond acceptors (Lipinski definition) is 3. The summed E-state index contributed by atoms with van der Waals surface area (Å²) in [5.74, 6) is -2.76. The van der Waals surface area contributed by atoms with E-state index in [4.69, 9.17) is 15.2 Å². The first kappa shape index (κ1) is 11.8. The van der Waals surface area contributed by atoms with Crippen molar-refractivity contribution in [1.29, 1.82) is 5.26 Å². The average molecular weight is 222 g/mol. The van der Waals surface area contributed by atoms with E-state index in [0.717, 1.165) is 19.4 Å². The van der Waals surface area contributed by atoms with Gasteiger partial charge in [0.1, 0.15) is 0 Å². The number of hydrogen-bond donors (Lipinski definition) is 2. The second kappa shape index (κ2) is 3.70. The summed E-state index contributed by atoms with van der Waals surface area (Å²) in [6, 6.07) is 3.03. The Labute approximate surface area is 83.7 Å². The Bertz CT molecular complexity index is 296. The fourth-order valence-electron chi connectivity index (χ4n) is 1.64. The molecule has 0 aromatic carbocycles. The lowest BCUT2D eigenvalue weighted by molar-refractivity contribution is -0.192. The Morgan fingerprint density at radius 1 is 1.53 bits per heavy atom. The third-order valence-electron chi connectivity index (χ3n) is 2.48. The van der Waals surface area contributed by atoms with E-state index >= 15 is 0 Å². The fraction of sp³-hybridized carbons (Fsp3) is 0.750. The van der Waals surface area contributed by atoms with Gasteiger partial charge in [-0.1, -0.05) is 0 Å². The number of carboxylic acids is 1. The molecule has 1 saturated carbocycles. The Morgan fingerprint density at radius 3 is 2.13 bits per heavy atom. The second-order valence-electron chi connectivity index (χ2n) is 3.68. The lowest BCUT2D eigenvalue weighted by atomic mass is 9.72. The molecule has 2 aliphatic heterocycles. The van der Waals surface area contributed by atoms with Gasteiger partial charge in [0, 0.05) is 12.6 Å². The van der Waals surface area contributed by atoms with Crippen molar-refractivity contribution in [3.8, 4) is 6.07 Å². The number of rotatable bonds is 0. The summed E-state index contributed by atoms with van der Waals surface area (Å²) >= 11 is 0. The largest absolute Gasteiger partial charge is 0.490 e. The molecule has 4 nitrogen and oxygen atoms in total. The Morgan fingerprint density at radius 2 is 2.00 bits per heavy atom. The van der Waals surface area contributed by atoms with Crippen LogP contribution in [-0.2, 0) is 4.79 Å². The summed E-state index contributed by atoms with van der Waals surface area (Å²) in [5.41, 5.74) is 0.0741. The predicted molar refractivity (Wildman–Crippen MR) is 42.8 cm³/mol. The lowest BCUT2D eigenvalue weighted by Gasteiger charge is -2.29. The van der Waals surface area contributed by atoms with Gasteiger partial charge in [-0.2, -0.15) is 18.4 Å². The molecule has 3 fully saturated rings.